The molecule has 112 valence electrons. The first kappa shape index (κ1) is 16.1. The smallest absolute Gasteiger partial charge is 0.288 e. The molecule has 1 unspecified atom stereocenters. The molecule has 2 aromatic carbocycles. The van der Waals surface area contributed by atoms with E-state index in [4.69, 9.17) is 11.6 Å². The molecule has 5 heteroatoms. The summed E-state index contributed by atoms with van der Waals surface area (Å²) in [6.07, 6.45) is 0.827. The van der Waals surface area contributed by atoms with Gasteiger partial charge in [-0.15, -0.1) is 0 Å². The molecule has 0 aliphatic carbocycles. The number of anilines is 1. The molecule has 1 nitrogen and oxygen atoms in total. The van der Waals surface area contributed by atoms with Crippen LogP contribution in [0.25, 0.3) is 0 Å². The van der Waals surface area contributed by atoms with Gasteiger partial charge in [0.25, 0.3) is 5.76 Å². The summed E-state index contributed by atoms with van der Waals surface area (Å²) < 4.78 is 25.2. The number of alkyl halides is 2. The highest BCUT2D eigenvalue weighted by Crippen LogP contribution is 2.34. The van der Waals surface area contributed by atoms with Crippen molar-refractivity contribution in [3.63, 3.8) is 0 Å². The Morgan fingerprint density at radius 2 is 1.90 bits per heavy atom. The van der Waals surface area contributed by atoms with E-state index in [0.717, 1.165) is 17.7 Å². The fourth-order valence-corrected chi connectivity index (χ4v) is 2.92. The summed E-state index contributed by atoms with van der Waals surface area (Å²) in [5, 5.41) is 4.00. The molecule has 2 rings (SSSR count). The zero-order valence-corrected chi connectivity index (χ0v) is 13.1. The first-order chi connectivity index (χ1) is 10.1. The predicted molar refractivity (Wildman–Crippen MR) is 86.4 cm³/mol. The van der Waals surface area contributed by atoms with Gasteiger partial charge in [-0.25, -0.2) is 0 Å². The van der Waals surface area contributed by atoms with Crippen LogP contribution in [0.2, 0.25) is 5.02 Å². The summed E-state index contributed by atoms with van der Waals surface area (Å²) in [6.45, 7) is 2.04. The first-order valence-corrected chi connectivity index (χ1v) is 7.91. The van der Waals surface area contributed by atoms with Crippen molar-refractivity contribution >= 4 is 29.1 Å². The average Bonchev–Trinajstić information content (AvgIpc) is 2.45. The number of thioether (sulfide) groups is 1. The van der Waals surface area contributed by atoms with Crippen LogP contribution in [0.1, 0.15) is 24.9 Å². The van der Waals surface area contributed by atoms with Gasteiger partial charge < -0.3 is 5.32 Å². The van der Waals surface area contributed by atoms with E-state index in [2.05, 4.69) is 5.32 Å². The van der Waals surface area contributed by atoms with Gasteiger partial charge in [-0.05, 0) is 36.2 Å². The summed E-state index contributed by atoms with van der Waals surface area (Å²) in [7, 11) is 0. The molecule has 0 saturated carbocycles. The minimum Gasteiger partial charge on any atom is -0.377 e. The van der Waals surface area contributed by atoms with Crippen LogP contribution in [0.3, 0.4) is 0 Å². The fraction of sp³-hybridized carbons (Fsp3) is 0.250. The molecular formula is C16H16ClF2NS. The van der Waals surface area contributed by atoms with Gasteiger partial charge in [0.15, 0.2) is 0 Å². The van der Waals surface area contributed by atoms with Gasteiger partial charge >= 0.3 is 0 Å². The molecule has 0 aliphatic heterocycles. The quantitative estimate of drug-likeness (QED) is 0.632. The summed E-state index contributed by atoms with van der Waals surface area (Å²) in [5.41, 5.74) is 1.76. The molecule has 1 atom stereocenters. The molecule has 0 bridgehead atoms. The van der Waals surface area contributed by atoms with E-state index in [0.29, 0.717) is 21.7 Å². The Bertz CT molecular complexity index is 592. The Morgan fingerprint density at radius 3 is 2.57 bits per heavy atom. The molecule has 0 aromatic heterocycles. The van der Waals surface area contributed by atoms with Gasteiger partial charge in [-0.1, -0.05) is 54.6 Å². The predicted octanol–water partition coefficient (Wildman–Crippen LogP) is 6.22. The number of nitrogens with one attached hydrogen (secondary N) is 1. The molecule has 0 heterocycles. The Morgan fingerprint density at radius 1 is 1.14 bits per heavy atom. The molecule has 21 heavy (non-hydrogen) atoms. The second-order valence-electron chi connectivity index (χ2n) is 4.53. The van der Waals surface area contributed by atoms with Crippen LogP contribution in [0.4, 0.5) is 14.5 Å². The lowest BCUT2D eigenvalue weighted by molar-refractivity contribution is 0.252. The third kappa shape index (κ3) is 4.61. The highest BCUT2D eigenvalue weighted by molar-refractivity contribution is 7.99. The second-order valence-corrected chi connectivity index (χ2v) is 6.00. The van der Waals surface area contributed by atoms with Crippen molar-refractivity contribution in [3.8, 4) is 0 Å². The number of halogens is 3. The SMILES string of the molecule is CCC(Nc1ccccc1SC(F)F)c1cccc(Cl)c1. The lowest BCUT2D eigenvalue weighted by Gasteiger charge is -2.21. The van der Waals surface area contributed by atoms with Crippen LogP contribution >= 0.6 is 23.4 Å². The van der Waals surface area contributed by atoms with Gasteiger partial charge in [0.05, 0.1) is 6.04 Å². The van der Waals surface area contributed by atoms with Crippen molar-refractivity contribution < 1.29 is 8.78 Å². The number of para-hydroxylation sites is 1. The molecule has 0 aliphatic rings. The summed E-state index contributed by atoms with van der Waals surface area (Å²) in [6, 6.07) is 14.7. The minimum atomic E-state index is -2.43. The second kappa shape index (κ2) is 7.66. The Kier molecular flexibility index (Phi) is 5.88. The van der Waals surface area contributed by atoms with E-state index < -0.39 is 5.76 Å². The molecule has 0 radical (unpaired) electrons. The standard InChI is InChI=1S/C16H16ClF2NS/c1-2-13(11-6-5-7-12(17)10-11)20-14-8-3-4-9-15(14)21-16(18)19/h3-10,13,16,20H,2H2,1H3. The van der Waals surface area contributed by atoms with Crippen molar-refractivity contribution in [1.29, 1.82) is 0 Å². The van der Waals surface area contributed by atoms with Crippen LogP contribution in [0.15, 0.2) is 53.4 Å². The van der Waals surface area contributed by atoms with Crippen LogP contribution in [0.5, 0.6) is 0 Å². The third-order valence-corrected chi connectivity index (χ3v) is 4.12. The zero-order valence-electron chi connectivity index (χ0n) is 11.5. The third-order valence-electron chi connectivity index (χ3n) is 3.09. The first-order valence-electron chi connectivity index (χ1n) is 6.66. The topological polar surface area (TPSA) is 12.0 Å². The molecule has 0 spiro atoms. The Hall–Kier alpha value is -1.26. The molecular weight excluding hydrogens is 312 g/mol. The molecule has 0 fully saturated rings. The average molecular weight is 328 g/mol. The van der Waals surface area contributed by atoms with Gasteiger partial charge in [0.1, 0.15) is 0 Å². The molecule has 2 aromatic rings. The maximum Gasteiger partial charge on any atom is 0.288 e. The van der Waals surface area contributed by atoms with Gasteiger partial charge in [-0.3, -0.25) is 0 Å². The van der Waals surface area contributed by atoms with Crippen molar-refractivity contribution in [3.05, 3.63) is 59.1 Å². The number of hydrogen-bond donors (Lipinski definition) is 1. The normalized spacial score (nSPS) is 12.4. The van der Waals surface area contributed by atoms with Gasteiger partial charge in [-0.2, -0.15) is 8.78 Å². The highest BCUT2D eigenvalue weighted by Gasteiger charge is 2.14. The molecule has 0 amide bonds. The fourth-order valence-electron chi connectivity index (χ4n) is 2.12. The van der Waals surface area contributed by atoms with Gasteiger partial charge in [0, 0.05) is 15.6 Å². The van der Waals surface area contributed by atoms with Crippen molar-refractivity contribution in [2.45, 2.75) is 30.0 Å². The summed E-state index contributed by atoms with van der Waals surface area (Å²) in [4.78, 5) is 0.549. The van der Waals surface area contributed by atoms with Crippen LogP contribution < -0.4 is 5.32 Å². The highest BCUT2D eigenvalue weighted by atomic mass is 35.5. The lowest BCUT2D eigenvalue weighted by Crippen LogP contribution is -2.10. The van der Waals surface area contributed by atoms with E-state index in [-0.39, 0.29) is 6.04 Å². The largest absolute Gasteiger partial charge is 0.377 e. The van der Waals surface area contributed by atoms with E-state index in [9.17, 15) is 8.78 Å². The van der Waals surface area contributed by atoms with Crippen molar-refractivity contribution in [2.75, 3.05) is 5.32 Å². The van der Waals surface area contributed by atoms with Crippen LogP contribution in [0, 0.1) is 0 Å². The molecule has 0 saturated heterocycles. The van der Waals surface area contributed by atoms with Gasteiger partial charge in [0.2, 0.25) is 0 Å². The van der Waals surface area contributed by atoms with Crippen LogP contribution in [-0.2, 0) is 0 Å². The Balaban J connectivity index is 2.23. The maximum absolute atomic E-state index is 12.6. The lowest BCUT2D eigenvalue weighted by atomic mass is 10.0. The molecule has 1 N–H and O–H groups in total. The van der Waals surface area contributed by atoms with E-state index in [1.807, 2.05) is 43.3 Å². The number of hydrogen-bond acceptors (Lipinski definition) is 2. The maximum atomic E-state index is 12.6. The number of rotatable bonds is 6. The van der Waals surface area contributed by atoms with E-state index in [1.54, 1.807) is 12.1 Å². The Labute approximate surface area is 132 Å². The van der Waals surface area contributed by atoms with E-state index in [1.165, 1.54) is 0 Å². The number of benzene rings is 2. The van der Waals surface area contributed by atoms with Crippen LogP contribution in [-0.4, -0.2) is 5.76 Å². The monoisotopic (exact) mass is 327 g/mol. The van der Waals surface area contributed by atoms with E-state index >= 15 is 0 Å². The zero-order chi connectivity index (χ0) is 15.2. The van der Waals surface area contributed by atoms with Crippen molar-refractivity contribution in [2.24, 2.45) is 0 Å². The summed E-state index contributed by atoms with van der Waals surface area (Å²) >= 11 is 6.57. The van der Waals surface area contributed by atoms with Crippen molar-refractivity contribution in [1.82, 2.24) is 0 Å². The minimum absolute atomic E-state index is 0.0307. The summed E-state index contributed by atoms with van der Waals surface area (Å²) in [5.74, 6) is -2.43.